The molecule has 0 amide bonds. The van der Waals surface area contributed by atoms with Crippen molar-refractivity contribution in [3.8, 4) is 5.75 Å². The molecule has 5 rings (SSSR count). The van der Waals surface area contributed by atoms with Gasteiger partial charge in [-0.3, -0.25) is 14.5 Å². The van der Waals surface area contributed by atoms with Crippen LogP contribution < -0.4 is 9.64 Å². The summed E-state index contributed by atoms with van der Waals surface area (Å²) in [5, 5.41) is 12.9. The number of benzene rings is 1. The van der Waals surface area contributed by atoms with Gasteiger partial charge in [0.1, 0.15) is 18.5 Å². The number of ether oxygens (including phenoxy) is 3. The first-order valence-corrected chi connectivity index (χ1v) is 13.3. The van der Waals surface area contributed by atoms with E-state index in [4.69, 9.17) is 14.2 Å². The van der Waals surface area contributed by atoms with Gasteiger partial charge in [-0.1, -0.05) is 25.1 Å². The fourth-order valence-corrected chi connectivity index (χ4v) is 8.01. The number of anilines is 1. The predicted molar refractivity (Wildman–Crippen MR) is 140 cm³/mol. The van der Waals surface area contributed by atoms with Crippen molar-refractivity contribution in [3.05, 3.63) is 35.9 Å². The minimum Gasteiger partial charge on any atom is -0.497 e. The molecule has 0 radical (unpaired) electrons. The lowest BCUT2D eigenvalue weighted by Gasteiger charge is -2.64. The molecule has 1 saturated heterocycles. The Balaban J connectivity index is 1.76. The van der Waals surface area contributed by atoms with E-state index in [1.54, 1.807) is 27.9 Å². The molecule has 1 aliphatic carbocycles. The average molecular weight is 513 g/mol. The number of hydrogen-bond acceptors (Lipinski definition) is 8. The van der Waals surface area contributed by atoms with Gasteiger partial charge in [-0.15, -0.1) is 0 Å². The number of carbonyl (C=O) groups is 2. The van der Waals surface area contributed by atoms with E-state index in [0.717, 1.165) is 36.5 Å². The Bertz CT molecular complexity index is 1140. The molecule has 37 heavy (non-hydrogen) atoms. The number of aliphatic hydroxyl groups is 1. The van der Waals surface area contributed by atoms with E-state index in [0.29, 0.717) is 6.42 Å². The van der Waals surface area contributed by atoms with Crippen molar-refractivity contribution in [2.45, 2.75) is 76.7 Å². The van der Waals surface area contributed by atoms with E-state index in [2.05, 4.69) is 34.9 Å². The van der Waals surface area contributed by atoms with Gasteiger partial charge in [0.15, 0.2) is 5.60 Å². The van der Waals surface area contributed by atoms with Gasteiger partial charge in [-0.05, 0) is 51.8 Å². The van der Waals surface area contributed by atoms with Crippen molar-refractivity contribution in [1.29, 1.82) is 0 Å². The van der Waals surface area contributed by atoms with E-state index in [1.807, 2.05) is 19.2 Å². The molecule has 202 valence electrons. The number of nitrogens with zero attached hydrogens (tertiary/aromatic N) is 2. The summed E-state index contributed by atoms with van der Waals surface area (Å²) in [7, 11) is 3.62. The highest BCUT2D eigenvalue weighted by Crippen LogP contribution is 2.67. The number of esters is 2. The van der Waals surface area contributed by atoms with E-state index < -0.39 is 45.9 Å². The lowest BCUT2D eigenvalue weighted by molar-refractivity contribution is -0.233. The Kier molecular flexibility index (Phi) is 5.96. The topological polar surface area (TPSA) is 88.5 Å². The number of likely N-dealkylation sites (N-methyl/N-ethyl adjacent to an activating group) is 1. The zero-order valence-electron chi connectivity index (χ0n) is 23.0. The van der Waals surface area contributed by atoms with E-state index in [-0.39, 0.29) is 12.6 Å². The van der Waals surface area contributed by atoms with E-state index in [9.17, 15) is 14.7 Å². The van der Waals surface area contributed by atoms with Crippen molar-refractivity contribution in [2.75, 3.05) is 38.8 Å². The molecule has 8 heteroatoms. The van der Waals surface area contributed by atoms with Crippen LogP contribution in [0.3, 0.4) is 0 Å². The summed E-state index contributed by atoms with van der Waals surface area (Å²) in [6, 6.07) is 5.64. The number of carbonyl (C=O) groups excluding carboxylic acids is 2. The predicted octanol–water partition coefficient (Wildman–Crippen LogP) is 3.06. The molecule has 3 heterocycles. The summed E-state index contributed by atoms with van der Waals surface area (Å²) < 4.78 is 17.5. The fraction of sp³-hybridized carbons (Fsp3) is 0.655. The average Bonchev–Trinajstić information content (AvgIpc) is 3.36. The molecule has 4 aliphatic rings. The SMILES string of the molecule is CC[C@]12C=CCN3CC[C@@]4(c5ccc(OC)cc5N(C)[C@H]4[C@@](O)(COC(=O)C(C)(C)C)[C@@H]1OC(C)=O)[C@@H]32. The minimum absolute atomic E-state index is 0.0000348. The Morgan fingerprint density at radius 3 is 2.57 bits per heavy atom. The van der Waals surface area contributed by atoms with E-state index >= 15 is 0 Å². The van der Waals surface area contributed by atoms with Crippen molar-refractivity contribution < 1.29 is 28.9 Å². The van der Waals surface area contributed by atoms with Gasteiger partial charge in [0.05, 0.1) is 18.6 Å². The number of rotatable bonds is 5. The summed E-state index contributed by atoms with van der Waals surface area (Å²) >= 11 is 0. The molecule has 0 bridgehead atoms. The molecule has 1 aromatic rings. The van der Waals surface area contributed by atoms with Gasteiger partial charge >= 0.3 is 11.9 Å². The van der Waals surface area contributed by atoms with Crippen molar-refractivity contribution in [3.63, 3.8) is 0 Å². The van der Waals surface area contributed by atoms with Crippen molar-refractivity contribution in [2.24, 2.45) is 10.8 Å². The van der Waals surface area contributed by atoms with Gasteiger partial charge in [-0.25, -0.2) is 0 Å². The van der Waals surface area contributed by atoms with Crippen molar-refractivity contribution >= 4 is 17.6 Å². The maximum absolute atomic E-state index is 13.0. The molecule has 6 atom stereocenters. The second-order valence-electron chi connectivity index (χ2n) is 12.3. The van der Waals surface area contributed by atoms with Crippen LogP contribution in [0.25, 0.3) is 0 Å². The van der Waals surface area contributed by atoms with Gasteiger partial charge in [0, 0.05) is 49.1 Å². The summed E-state index contributed by atoms with van der Waals surface area (Å²) in [5.74, 6) is -0.134. The maximum Gasteiger partial charge on any atom is 0.311 e. The van der Waals surface area contributed by atoms with Gasteiger partial charge < -0.3 is 24.2 Å². The summed E-state index contributed by atoms with van der Waals surface area (Å²) in [6.45, 7) is 10.2. The van der Waals surface area contributed by atoms with Crippen LogP contribution in [0.1, 0.15) is 53.0 Å². The second-order valence-corrected chi connectivity index (χ2v) is 12.3. The molecule has 1 spiro atoms. The fourth-order valence-electron chi connectivity index (χ4n) is 8.01. The molecule has 2 fully saturated rings. The number of methoxy groups -OCH3 is 1. The molecule has 1 saturated carbocycles. The van der Waals surface area contributed by atoms with Crippen LogP contribution in [0.5, 0.6) is 5.75 Å². The Hall–Kier alpha value is -2.58. The lowest BCUT2D eigenvalue weighted by Crippen LogP contribution is -2.80. The third kappa shape index (κ3) is 3.41. The van der Waals surface area contributed by atoms with Crippen LogP contribution in [-0.2, 0) is 24.5 Å². The molecule has 0 aromatic heterocycles. The van der Waals surface area contributed by atoms with Crippen LogP contribution in [0.15, 0.2) is 30.4 Å². The van der Waals surface area contributed by atoms with Crippen LogP contribution in [0.2, 0.25) is 0 Å². The highest BCUT2D eigenvalue weighted by atomic mass is 16.6. The van der Waals surface area contributed by atoms with Crippen molar-refractivity contribution in [1.82, 2.24) is 4.90 Å². The Morgan fingerprint density at radius 2 is 1.95 bits per heavy atom. The Labute approximate surface area is 219 Å². The molecule has 1 aromatic carbocycles. The highest BCUT2D eigenvalue weighted by molar-refractivity contribution is 5.76. The van der Waals surface area contributed by atoms with Gasteiger partial charge in [0.2, 0.25) is 0 Å². The zero-order chi connectivity index (χ0) is 27.0. The maximum atomic E-state index is 13.0. The summed E-state index contributed by atoms with van der Waals surface area (Å²) in [5.41, 5.74) is -1.40. The zero-order valence-corrected chi connectivity index (χ0v) is 23.0. The monoisotopic (exact) mass is 512 g/mol. The highest BCUT2D eigenvalue weighted by Gasteiger charge is 2.78. The minimum atomic E-state index is -1.67. The molecule has 8 nitrogen and oxygen atoms in total. The molecule has 1 N–H and O–H groups in total. The van der Waals surface area contributed by atoms with Crippen LogP contribution in [0.4, 0.5) is 5.69 Å². The van der Waals surface area contributed by atoms with E-state index in [1.165, 1.54) is 6.92 Å². The molecule has 3 aliphatic heterocycles. The van der Waals surface area contributed by atoms with Crippen LogP contribution >= 0.6 is 0 Å². The smallest absolute Gasteiger partial charge is 0.311 e. The summed E-state index contributed by atoms with van der Waals surface area (Å²) in [6.07, 6.45) is 4.86. The normalized spacial score (nSPS) is 36.0. The number of fused-ring (bicyclic) bond motifs is 1. The van der Waals surface area contributed by atoms with Crippen LogP contribution in [0, 0.1) is 10.8 Å². The third-order valence-electron chi connectivity index (χ3n) is 9.26. The first kappa shape index (κ1) is 26.0. The van der Waals surface area contributed by atoms with Crippen LogP contribution in [-0.4, -0.2) is 79.6 Å². The standard InChI is InChI=1S/C29H40N2O6/c1-8-27-12-9-14-31-15-13-28(22(27)31)20-11-10-19(35-7)16-21(20)30(6)23(28)29(34,24(27)37-18(2)32)17-36-25(33)26(3,4)5/h9-12,16,22-24,34H,8,13-15,17H2,1-7H3/t22-,23+,24+,27+,28+,29-/m0/s1. The second kappa shape index (κ2) is 8.46. The quantitative estimate of drug-likeness (QED) is 0.476. The van der Waals surface area contributed by atoms with Gasteiger partial charge in [-0.2, -0.15) is 0 Å². The number of hydrogen-bond donors (Lipinski definition) is 1. The lowest BCUT2D eigenvalue weighted by atomic mass is 9.48. The largest absolute Gasteiger partial charge is 0.497 e. The molecular formula is C29H40N2O6. The molecular weight excluding hydrogens is 472 g/mol. The third-order valence-corrected chi connectivity index (χ3v) is 9.26. The first-order chi connectivity index (χ1) is 17.4. The summed E-state index contributed by atoms with van der Waals surface area (Å²) in [4.78, 5) is 30.1. The molecule has 0 unspecified atom stereocenters. The first-order valence-electron chi connectivity index (χ1n) is 13.3. The van der Waals surface area contributed by atoms with Gasteiger partial charge in [0.25, 0.3) is 0 Å². The Morgan fingerprint density at radius 1 is 1.22 bits per heavy atom.